The maximum Gasteiger partial charge on any atom is 0.219 e. The van der Waals surface area contributed by atoms with Gasteiger partial charge in [-0.2, -0.15) is 5.21 Å². The molecule has 0 aliphatic heterocycles. The topological polar surface area (TPSA) is 74.8 Å². The van der Waals surface area contributed by atoms with Gasteiger partial charge in [-0.15, -0.1) is 10.2 Å². The summed E-state index contributed by atoms with van der Waals surface area (Å²) in [6.07, 6.45) is 0. The number of amides is 1. The Hall–Kier alpha value is -3.02. The van der Waals surface area contributed by atoms with Gasteiger partial charge in [0.25, 0.3) is 0 Å². The number of aromatic amines is 1. The molecular weight excluding hydrogens is 290 g/mol. The number of hydrogen-bond acceptors (Lipinski definition) is 4. The lowest BCUT2D eigenvalue weighted by Crippen LogP contribution is -2.22. The predicted octanol–water partition coefficient (Wildman–Crippen LogP) is 2.51. The Balaban J connectivity index is 1.90. The number of carbonyl (C=O) groups excluding carboxylic acids is 1. The summed E-state index contributed by atoms with van der Waals surface area (Å²) in [5.41, 5.74) is 4.12. The fourth-order valence-corrected chi connectivity index (χ4v) is 2.38. The second-order valence-electron chi connectivity index (χ2n) is 5.35. The summed E-state index contributed by atoms with van der Waals surface area (Å²) in [6, 6.07) is 16.1. The van der Waals surface area contributed by atoms with Crippen LogP contribution in [0.3, 0.4) is 0 Å². The Kier molecular flexibility index (Phi) is 4.14. The third kappa shape index (κ3) is 3.26. The number of nitrogens with zero attached hydrogens (tertiary/aromatic N) is 4. The minimum atomic E-state index is 0.0523. The van der Waals surface area contributed by atoms with E-state index >= 15 is 0 Å². The predicted molar refractivity (Wildman–Crippen MR) is 87.2 cm³/mol. The van der Waals surface area contributed by atoms with Crippen molar-refractivity contribution in [1.82, 2.24) is 25.5 Å². The van der Waals surface area contributed by atoms with Crippen molar-refractivity contribution in [1.29, 1.82) is 0 Å². The molecule has 1 aromatic heterocycles. The Morgan fingerprint density at radius 2 is 1.78 bits per heavy atom. The zero-order chi connectivity index (χ0) is 16.2. The van der Waals surface area contributed by atoms with Crippen LogP contribution in [-0.2, 0) is 11.3 Å². The Labute approximate surface area is 134 Å². The largest absolute Gasteiger partial charge is 0.342 e. The highest BCUT2D eigenvalue weighted by Crippen LogP contribution is 2.29. The number of nitrogens with one attached hydrogen (secondary N) is 1. The molecule has 0 fully saturated rings. The van der Waals surface area contributed by atoms with Gasteiger partial charge in [0.2, 0.25) is 11.7 Å². The van der Waals surface area contributed by atoms with Crippen LogP contribution >= 0.6 is 0 Å². The number of aromatic nitrogens is 4. The van der Waals surface area contributed by atoms with E-state index in [4.69, 9.17) is 0 Å². The van der Waals surface area contributed by atoms with Gasteiger partial charge in [-0.05, 0) is 21.9 Å². The van der Waals surface area contributed by atoms with Crippen molar-refractivity contribution in [3.05, 3.63) is 54.1 Å². The maximum atomic E-state index is 11.3. The van der Waals surface area contributed by atoms with Crippen molar-refractivity contribution in [2.75, 3.05) is 7.05 Å². The van der Waals surface area contributed by atoms with Crippen molar-refractivity contribution in [3.8, 4) is 22.5 Å². The van der Waals surface area contributed by atoms with E-state index in [0.717, 1.165) is 22.3 Å². The minimum absolute atomic E-state index is 0.0523. The molecule has 116 valence electrons. The van der Waals surface area contributed by atoms with Crippen molar-refractivity contribution in [2.24, 2.45) is 0 Å². The lowest BCUT2D eigenvalue weighted by Gasteiger charge is -2.15. The van der Waals surface area contributed by atoms with Crippen molar-refractivity contribution in [3.63, 3.8) is 0 Å². The molecular formula is C17H17N5O. The van der Waals surface area contributed by atoms with Crippen LogP contribution in [0.1, 0.15) is 12.5 Å². The zero-order valence-electron chi connectivity index (χ0n) is 13.0. The van der Waals surface area contributed by atoms with Crippen LogP contribution in [-0.4, -0.2) is 38.5 Å². The van der Waals surface area contributed by atoms with E-state index in [-0.39, 0.29) is 5.91 Å². The van der Waals surface area contributed by atoms with Crippen LogP contribution < -0.4 is 0 Å². The molecule has 6 nitrogen and oxygen atoms in total. The van der Waals surface area contributed by atoms with Crippen LogP contribution in [0.2, 0.25) is 0 Å². The van der Waals surface area contributed by atoms with E-state index in [1.54, 1.807) is 18.9 Å². The van der Waals surface area contributed by atoms with Crippen LogP contribution in [0.25, 0.3) is 22.5 Å². The summed E-state index contributed by atoms with van der Waals surface area (Å²) < 4.78 is 0. The number of benzene rings is 2. The SMILES string of the molecule is CC(=O)N(C)Cc1ccc(-c2ccccc2-c2nn[nH]n2)cc1. The molecule has 2 aromatic carbocycles. The van der Waals surface area contributed by atoms with Gasteiger partial charge in [0.1, 0.15) is 0 Å². The molecule has 0 aliphatic carbocycles. The summed E-state index contributed by atoms with van der Waals surface area (Å²) in [4.78, 5) is 13.0. The summed E-state index contributed by atoms with van der Waals surface area (Å²) in [5, 5.41) is 14.2. The summed E-state index contributed by atoms with van der Waals surface area (Å²) in [5.74, 6) is 0.623. The van der Waals surface area contributed by atoms with E-state index < -0.39 is 0 Å². The molecule has 0 aliphatic rings. The highest BCUT2D eigenvalue weighted by Gasteiger charge is 2.10. The third-order valence-corrected chi connectivity index (χ3v) is 3.74. The standard InChI is InChI=1S/C17H17N5O/c1-12(23)22(2)11-13-7-9-14(10-8-13)15-5-3-4-6-16(15)17-18-20-21-19-17/h3-10H,11H2,1-2H3,(H,18,19,20,21). The van der Waals surface area contributed by atoms with Crippen molar-refractivity contribution < 1.29 is 4.79 Å². The van der Waals surface area contributed by atoms with Crippen LogP contribution in [0, 0.1) is 0 Å². The average Bonchev–Trinajstić information content (AvgIpc) is 3.10. The van der Waals surface area contributed by atoms with Gasteiger partial charge in [0, 0.05) is 26.1 Å². The van der Waals surface area contributed by atoms with E-state index in [1.807, 2.05) is 48.5 Å². The first-order valence-electron chi connectivity index (χ1n) is 7.29. The van der Waals surface area contributed by atoms with Gasteiger partial charge >= 0.3 is 0 Å². The fraction of sp³-hybridized carbons (Fsp3) is 0.176. The summed E-state index contributed by atoms with van der Waals surface area (Å²) in [6.45, 7) is 2.16. The van der Waals surface area contributed by atoms with Crippen molar-refractivity contribution in [2.45, 2.75) is 13.5 Å². The van der Waals surface area contributed by atoms with Gasteiger partial charge in [-0.1, -0.05) is 48.5 Å². The molecule has 6 heteroatoms. The molecule has 0 atom stereocenters. The lowest BCUT2D eigenvalue weighted by atomic mass is 9.98. The number of carbonyl (C=O) groups is 1. The Morgan fingerprint density at radius 3 is 2.39 bits per heavy atom. The first-order chi connectivity index (χ1) is 11.1. The van der Waals surface area contributed by atoms with E-state index in [0.29, 0.717) is 12.4 Å². The molecule has 1 N–H and O–H groups in total. The van der Waals surface area contributed by atoms with Gasteiger partial charge in [-0.3, -0.25) is 4.79 Å². The highest BCUT2D eigenvalue weighted by molar-refractivity contribution is 5.80. The molecule has 1 heterocycles. The molecule has 0 radical (unpaired) electrons. The molecule has 0 spiro atoms. The molecule has 0 saturated heterocycles. The molecule has 3 rings (SSSR count). The zero-order valence-corrected chi connectivity index (χ0v) is 13.0. The molecule has 3 aromatic rings. The number of H-pyrrole nitrogens is 1. The lowest BCUT2D eigenvalue weighted by molar-refractivity contribution is -0.128. The molecule has 1 amide bonds. The monoisotopic (exact) mass is 307 g/mol. The molecule has 23 heavy (non-hydrogen) atoms. The third-order valence-electron chi connectivity index (χ3n) is 3.74. The molecule has 0 bridgehead atoms. The van der Waals surface area contributed by atoms with Gasteiger partial charge < -0.3 is 4.90 Å². The first kappa shape index (κ1) is 14.9. The molecule has 0 unspecified atom stereocenters. The normalized spacial score (nSPS) is 10.5. The second-order valence-corrected chi connectivity index (χ2v) is 5.35. The van der Waals surface area contributed by atoms with E-state index in [9.17, 15) is 4.79 Å². The van der Waals surface area contributed by atoms with Gasteiger partial charge in [-0.25, -0.2) is 0 Å². The average molecular weight is 307 g/mol. The minimum Gasteiger partial charge on any atom is -0.342 e. The van der Waals surface area contributed by atoms with E-state index in [1.165, 1.54) is 0 Å². The maximum absolute atomic E-state index is 11.3. The smallest absolute Gasteiger partial charge is 0.219 e. The van der Waals surface area contributed by atoms with E-state index in [2.05, 4.69) is 20.6 Å². The van der Waals surface area contributed by atoms with Crippen molar-refractivity contribution >= 4 is 5.91 Å². The van der Waals surface area contributed by atoms with Gasteiger partial charge in [0.15, 0.2) is 0 Å². The Bertz CT molecular complexity index is 796. The number of hydrogen-bond donors (Lipinski definition) is 1. The second kappa shape index (κ2) is 6.39. The van der Waals surface area contributed by atoms with Crippen LogP contribution in [0.5, 0.6) is 0 Å². The van der Waals surface area contributed by atoms with Crippen LogP contribution in [0.15, 0.2) is 48.5 Å². The molecule has 0 saturated carbocycles. The quantitative estimate of drug-likeness (QED) is 0.803. The summed E-state index contributed by atoms with van der Waals surface area (Å²) >= 11 is 0. The van der Waals surface area contributed by atoms with Crippen LogP contribution in [0.4, 0.5) is 0 Å². The summed E-state index contributed by atoms with van der Waals surface area (Å²) in [7, 11) is 1.79. The number of rotatable bonds is 4. The highest BCUT2D eigenvalue weighted by atomic mass is 16.2. The first-order valence-corrected chi connectivity index (χ1v) is 7.29. The fourth-order valence-electron chi connectivity index (χ4n) is 2.38. The number of tetrazole rings is 1. The van der Waals surface area contributed by atoms with Gasteiger partial charge in [0.05, 0.1) is 0 Å². The Morgan fingerprint density at radius 1 is 1.09 bits per heavy atom.